The van der Waals surface area contributed by atoms with Crippen LogP contribution >= 0.6 is 11.8 Å². The van der Waals surface area contributed by atoms with Crippen LogP contribution in [0.15, 0.2) is 28.2 Å². The fourth-order valence-electron chi connectivity index (χ4n) is 3.49. The van der Waals surface area contributed by atoms with Crippen LogP contribution in [0.1, 0.15) is 56.0 Å². The average molecular weight is 386 g/mol. The van der Waals surface area contributed by atoms with Crippen molar-refractivity contribution >= 4 is 23.4 Å². The first-order valence-corrected chi connectivity index (χ1v) is 10.6. The third-order valence-electron chi connectivity index (χ3n) is 5.07. The molecule has 0 aliphatic heterocycles. The highest BCUT2D eigenvalue weighted by molar-refractivity contribution is 8.00. The lowest BCUT2D eigenvalue weighted by Crippen LogP contribution is -2.26. The zero-order chi connectivity index (χ0) is 19.4. The minimum absolute atomic E-state index is 0.0561. The molecular formula is C21H27N3O2S. The van der Waals surface area contributed by atoms with Crippen LogP contribution in [0.5, 0.6) is 0 Å². The van der Waals surface area contributed by atoms with Gasteiger partial charge in [-0.15, -0.1) is 0 Å². The first-order chi connectivity index (χ1) is 13.0. The Balaban J connectivity index is 1.76. The van der Waals surface area contributed by atoms with Crippen LogP contribution in [0.3, 0.4) is 0 Å². The van der Waals surface area contributed by atoms with E-state index < -0.39 is 0 Å². The third-order valence-corrected chi connectivity index (χ3v) is 6.06. The molecule has 1 amide bonds. The van der Waals surface area contributed by atoms with E-state index in [2.05, 4.69) is 41.3 Å². The molecule has 2 aromatic rings. The van der Waals surface area contributed by atoms with Crippen LogP contribution in [0, 0.1) is 0 Å². The number of hydrogen-bond donors (Lipinski definition) is 2. The second-order valence-electron chi connectivity index (χ2n) is 6.91. The second-order valence-corrected chi connectivity index (χ2v) is 8.24. The molecule has 1 aliphatic carbocycles. The van der Waals surface area contributed by atoms with Crippen molar-refractivity contribution in [1.29, 1.82) is 0 Å². The molecule has 0 fully saturated rings. The molecule has 1 aromatic carbocycles. The molecule has 27 heavy (non-hydrogen) atoms. The van der Waals surface area contributed by atoms with Crippen LogP contribution < -0.4 is 10.9 Å². The van der Waals surface area contributed by atoms with Crippen molar-refractivity contribution in [2.75, 3.05) is 5.32 Å². The lowest BCUT2D eigenvalue weighted by Gasteiger charge is -2.18. The summed E-state index contributed by atoms with van der Waals surface area (Å²) in [6.07, 6.45) is 5.48. The molecule has 2 N–H and O–H groups in total. The predicted molar refractivity (Wildman–Crippen MR) is 111 cm³/mol. The monoisotopic (exact) mass is 385 g/mol. The summed E-state index contributed by atoms with van der Waals surface area (Å²) in [7, 11) is 0. The van der Waals surface area contributed by atoms with Gasteiger partial charge in [-0.2, -0.15) is 0 Å². The summed E-state index contributed by atoms with van der Waals surface area (Å²) in [4.78, 5) is 32.5. The number of aromatic nitrogens is 2. The van der Waals surface area contributed by atoms with Gasteiger partial charge in [0.1, 0.15) is 0 Å². The smallest absolute Gasteiger partial charge is 0.254 e. The largest absolute Gasteiger partial charge is 0.325 e. The zero-order valence-corrected chi connectivity index (χ0v) is 17.0. The molecule has 6 heteroatoms. The number of H-pyrrole nitrogens is 1. The minimum Gasteiger partial charge on any atom is -0.325 e. The maximum atomic E-state index is 12.8. The number of aromatic amines is 1. The van der Waals surface area contributed by atoms with E-state index >= 15 is 0 Å². The predicted octanol–water partition coefficient (Wildman–Crippen LogP) is 3.89. The molecule has 0 bridgehead atoms. The van der Waals surface area contributed by atoms with Gasteiger partial charge in [-0.3, -0.25) is 9.59 Å². The molecule has 1 heterocycles. The van der Waals surface area contributed by atoms with Crippen molar-refractivity contribution in [3.8, 4) is 0 Å². The van der Waals surface area contributed by atoms with E-state index in [0.717, 1.165) is 66.6 Å². The molecule has 0 unspecified atom stereocenters. The Bertz CT molecular complexity index is 869. The van der Waals surface area contributed by atoms with E-state index in [9.17, 15) is 9.59 Å². The third kappa shape index (κ3) is 4.43. The Hall–Kier alpha value is -2.08. The Morgan fingerprint density at radius 1 is 1.22 bits per heavy atom. The maximum Gasteiger partial charge on any atom is 0.254 e. The van der Waals surface area contributed by atoms with Crippen molar-refractivity contribution in [1.82, 2.24) is 9.97 Å². The van der Waals surface area contributed by atoms with Gasteiger partial charge in [0, 0.05) is 11.3 Å². The molecule has 144 valence electrons. The van der Waals surface area contributed by atoms with Gasteiger partial charge in [0.05, 0.1) is 10.9 Å². The summed E-state index contributed by atoms with van der Waals surface area (Å²) in [6.45, 7) is 6.02. The van der Waals surface area contributed by atoms with Gasteiger partial charge in [0.25, 0.3) is 5.56 Å². The number of thioether (sulfide) groups is 1. The van der Waals surface area contributed by atoms with Gasteiger partial charge >= 0.3 is 0 Å². The minimum atomic E-state index is -0.357. The van der Waals surface area contributed by atoms with Gasteiger partial charge in [-0.05, 0) is 56.6 Å². The van der Waals surface area contributed by atoms with Crippen molar-refractivity contribution in [3.63, 3.8) is 0 Å². The van der Waals surface area contributed by atoms with Gasteiger partial charge < -0.3 is 10.3 Å². The highest BCUT2D eigenvalue weighted by Crippen LogP contribution is 2.26. The Kier molecular flexibility index (Phi) is 6.37. The van der Waals surface area contributed by atoms with Crippen LogP contribution in [0.2, 0.25) is 0 Å². The van der Waals surface area contributed by atoms with E-state index in [1.54, 1.807) is 0 Å². The van der Waals surface area contributed by atoms with E-state index in [4.69, 9.17) is 0 Å². The molecule has 1 atom stereocenters. The van der Waals surface area contributed by atoms with Gasteiger partial charge in [-0.1, -0.05) is 43.8 Å². The first kappa shape index (κ1) is 19.7. The Morgan fingerprint density at radius 2 is 1.89 bits per heavy atom. The first-order valence-electron chi connectivity index (χ1n) is 9.73. The summed E-state index contributed by atoms with van der Waals surface area (Å²) in [5, 5.41) is 3.27. The fraction of sp³-hybridized carbons (Fsp3) is 0.476. The number of nitrogens with one attached hydrogen (secondary N) is 2. The number of benzene rings is 1. The number of aryl methyl sites for hydroxylation is 3. The van der Waals surface area contributed by atoms with Crippen molar-refractivity contribution in [2.24, 2.45) is 0 Å². The maximum absolute atomic E-state index is 12.8. The van der Waals surface area contributed by atoms with Crippen LogP contribution in [-0.4, -0.2) is 21.1 Å². The van der Waals surface area contributed by atoms with Crippen LogP contribution in [0.4, 0.5) is 5.69 Å². The van der Waals surface area contributed by atoms with Gasteiger partial charge in [0.15, 0.2) is 5.16 Å². The van der Waals surface area contributed by atoms with Gasteiger partial charge in [0.2, 0.25) is 5.91 Å². The summed E-state index contributed by atoms with van der Waals surface area (Å²) in [6, 6.07) is 6.14. The normalized spacial score (nSPS) is 14.5. The summed E-state index contributed by atoms with van der Waals surface area (Å²) in [5.74, 6) is -0.0732. The SMILES string of the molecule is CCc1cccc(CC)c1NC(=O)[C@H](C)Sc1nc2c(c(=O)[nH]1)CCCC2. The molecule has 0 radical (unpaired) electrons. The van der Waals surface area contributed by atoms with Crippen LogP contribution in [-0.2, 0) is 30.5 Å². The molecule has 3 rings (SSSR count). The molecule has 0 spiro atoms. The standard InChI is InChI=1S/C21H27N3O2S/c1-4-14-9-8-10-15(5-2)18(14)23-19(25)13(3)27-21-22-17-12-7-6-11-16(17)20(26)24-21/h8-10,13H,4-7,11-12H2,1-3H3,(H,23,25)(H,22,24,26)/t13-/m0/s1. The lowest BCUT2D eigenvalue weighted by atomic mass is 9.97. The number of carbonyl (C=O) groups is 1. The number of para-hydroxylation sites is 1. The Morgan fingerprint density at radius 3 is 2.56 bits per heavy atom. The van der Waals surface area contributed by atoms with Crippen LogP contribution in [0.25, 0.3) is 0 Å². The second kappa shape index (κ2) is 8.74. The van der Waals surface area contributed by atoms with E-state index in [0.29, 0.717) is 5.16 Å². The van der Waals surface area contributed by atoms with Gasteiger partial charge in [-0.25, -0.2) is 4.98 Å². The topological polar surface area (TPSA) is 74.8 Å². The van der Waals surface area contributed by atoms with E-state index in [1.807, 2.05) is 13.0 Å². The number of fused-ring (bicyclic) bond motifs is 1. The lowest BCUT2D eigenvalue weighted by molar-refractivity contribution is -0.115. The molecule has 0 saturated carbocycles. The number of rotatable bonds is 6. The number of anilines is 1. The van der Waals surface area contributed by atoms with Crippen molar-refractivity contribution < 1.29 is 4.79 Å². The number of amides is 1. The molecule has 0 saturated heterocycles. The van der Waals surface area contributed by atoms with E-state index in [-0.39, 0.29) is 16.7 Å². The molecular weight excluding hydrogens is 358 g/mol. The number of carbonyl (C=O) groups excluding carboxylic acids is 1. The average Bonchev–Trinajstić information content (AvgIpc) is 2.68. The fourth-order valence-corrected chi connectivity index (χ4v) is 4.30. The summed E-state index contributed by atoms with van der Waals surface area (Å²) < 4.78 is 0. The quantitative estimate of drug-likeness (QED) is 0.584. The highest BCUT2D eigenvalue weighted by atomic mass is 32.2. The molecule has 1 aliphatic rings. The summed E-state index contributed by atoms with van der Waals surface area (Å²) >= 11 is 1.31. The van der Waals surface area contributed by atoms with E-state index in [1.165, 1.54) is 11.8 Å². The van der Waals surface area contributed by atoms with Crippen molar-refractivity contribution in [2.45, 2.75) is 69.7 Å². The molecule has 1 aromatic heterocycles. The highest BCUT2D eigenvalue weighted by Gasteiger charge is 2.21. The number of hydrogen-bond acceptors (Lipinski definition) is 4. The molecule has 5 nitrogen and oxygen atoms in total. The van der Waals surface area contributed by atoms with Crippen molar-refractivity contribution in [3.05, 3.63) is 50.9 Å². The summed E-state index contributed by atoms with van der Waals surface area (Å²) in [5.41, 5.74) is 4.85. The Labute approximate surface area is 164 Å². The zero-order valence-electron chi connectivity index (χ0n) is 16.2. The number of nitrogens with zero attached hydrogens (tertiary/aromatic N) is 1.